The zero-order valence-electron chi connectivity index (χ0n) is 15.3. The third-order valence-corrected chi connectivity index (χ3v) is 7.33. The molecule has 2 heterocycles. The van der Waals surface area contributed by atoms with Gasteiger partial charge in [0.15, 0.2) is 0 Å². The third-order valence-electron chi connectivity index (χ3n) is 5.34. The molecule has 0 amide bonds. The van der Waals surface area contributed by atoms with Gasteiger partial charge >= 0.3 is 5.97 Å². The van der Waals surface area contributed by atoms with Gasteiger partial charge in [-0.15, -0.1) is 22.7 Å². The maximum Gasteiger partial charge on any atom is 0.305 e. The van der Waals surface area contributed by atoms with E-state index < -0.39 is 0 Å². The summed E-state index contributed by atoms with van der Waals surface area (Å²) in [5, 5.41) is 4.49. The van der Waals surface area contributed by atoms with E-state index in [1.54, 1.807) is 11.1 Å². The maximum absolute atomic E-state index is 11.3. The van der Waals surface area contributed by atoms with Crippen LogP contribution in [0.2, 0.25) is 0 Å². The normalized spacial score (nSPS) is 14.3. The Hall–Kier alpha value is -1.13. The van der Waals surface area contributed by atoms with Gasteiger partial charge in [-0.3, -0.25) is 4.79 Å². The van der Waals surface area contributed by atoms with E-state index in [1.165, 1.54) is 41.9 Å². The second kappa shape index (κ2) is 8.50. The summed E-state index contributed by atoms with van der Waals surface area (Å²) in [5.74, 6) is -0.0465. The zero-order valence-corrected chi connectivity index (χ0v) is 16.9. The summed E-state index contributed by atoms with van der Waals surface area (Å²) >= 11 is 3.79. The highest BCUT2D eigenvalue weighted by atomic mass is 32.1. The Morgan fingerprint density at radius 1 is 0.960 bits per heavy atom. The minimum Gasteiger partial charge on any atom is -0.466 e. The van der Waals surface area contributed by atoms with Gasteiger partial charge in [0.05, 0.1) is 6.61 Å². The zero-order chi connectivity index (χ0) is 17.7. The van der Waals surface area contributed by atoms with Gasteiger partial charge in [0, 0.05) is 21.6 Å². The summed E-state index contributed by atoms with van der Waals surface area (Å²) < 4.78 is 4.96. The second-order valence-electron chi connectivity index (χ2n) is 7.09. The van der Waals surface area contributed by atoms with Crippen LogP contribution in [0.15, 0.2) is 22.9 Å². The van der Waals surface area contributed by atoms with Crippen molar-refractivity contribution in [2.75, 3.05) is 6.61 Å². The molecule has 0 spiro atoms. The van der Waals surface area contributed by atoms with Crippen molar-refractivity contribution in [3.8, 4) is 9.75 Å². The van der Waals surface area contributed by atoms with Crippen molar-refractivity contribution in [2.24, 2.45) is 0 Å². The van der Waals surface area contributed by atoms with Crippen LogP contribution in [0.25, 0.3) is 9.75 Å². The van der Waals surface area contributed by atoms with E-state index in [-0.39, 0.29) is 11.4 Å². The van der Waals surface area contributed by atoms with Crippen molar-refractivity contribution < 1.29 is 9.53 Å². The first-order valence-corrected chi connectivity index (χ1v) is 11.2. The molecule has 2 aromatic heterocycles. The van der Waals surface area contributed by atoms with Gasteiger partial charge in [0.2, 0.25) is 0 Å². The molecule has 0 aromatic carbocycles. The summed E-state index contributed by atoms with van der Waals surface area (Å²) in [5.41, 5.74) is 3.32. The number of unbranched alkanes of at least 4 members (excludes halogenated alkanes) is 5. The number of rotatable bonds is 10. The van der Waals surface area contributed by atoms with Gasteiger partial charge in [-0.1, -0.05) is 39.0 Å². The van der Waals surface area contributed by atoms with E-state index >= 15 is 0 Å². The molecule has 1 aliphatic carbocycles. The highest BCUT2D eigenvalue weighted by Crippen LogP contribution is 2.55. The van der Waals surface area contributed by atoms with Gasteiger partial charge in [0.1, 0.15) is 0 Å². The first-order valence-electron chi connectivity index (χ1n) is 9.48. The van der Waals surface area contributed by atoms with Crippen molar-refractivity contribution in [1.82, 2.24) is 0 Å². The van der Waals surface area contributed by atoms with Crippen LogP contribution < -0.4 is 0 Å². The van der Waals surface area contributed by atoms with E-state index in [9.17, 15) is 4.79 Å². The Balaban J connectivity index is 1.38. The molecule has 0 saturated carbocycles. The van der Waals surface area contributed by atoms with Crippen molar-refractivity contribution in [3.05, 3.63) is 34.0 Å². The molecule has 0 fully saturated rings. The van der Waals surface area contributed by atoms with Gasteiger partial charge in [-0.05, 0) is 53.8 Å². The number of fused-ring (bicyclic) bond motifs is 3. The first-order chi connectivity index (χ1) is 12.2. The summed E-state index contributed by atoms with van der Waals surface area (Å²) in [4.78, 5) is 14.3. The lowest BCUT2D eigenvalue weighted by molar-refractivity contribution is -0.143. The first kappa shape index (κ1) is 18.7. The number of carbonyl (C=O) groups excluding carboxylic acids is 1. The molecule has 1 aliphatic rings. The number of carbonyl (C=O) groups is 1. The fraction of sp³-hybridized carbons (Fsp3) is 0.571. The quantitative estimate of drug-likeness (QED) is 0.337. The maximum atomic E-state index is 11.3. The fourth-order valence-corrected chi connectivity index (χ4v) is 6.19. The summed E-state index contributed by atoms with van der Waals surface area (Å²) in [6.45, 7) is 4.78. The predicted molar refractivity (Wildman–Crippen MR) is 108 cm³/mol. The fourth-order valence-electron chi connectivity index (χ4n) is 3.94. The highest BCUT2D eigenvalue weighted by Gasteiger charge is 2.40. The molecule has 0 saturated heterocycles. The predicted octanol–water partition coefficient (Wildman–Crippen LogP) is 6.78. The van der Waals surface area contributed by atoms with E-state index in [2.05, 4.69) is 29.8 Å². The molecule has 2 aromatic rings. The van der Waals surface area contributed by atoms with E-state index in [4.69, 9.17) is 4.74 Å². The van der Waals surface area contributed by atoms with Crippen LogP contribution in [-0.4, -0.2) is 12.6 Å². The van der Waals surface area contributed by atoms with E-state index in [0.717, 1.165) is 12.8 Å². The number of thiophene rings is 2. The van der Waals surface area contributed by atoms with Gasteiger partial charge in [-0.25, -0.2) is 0 Å². The standard InChI is InChI=1S/C21H28O2S2/c1-3-23-18(22)10-8-6-4-5-7-9-13-21(2)16-11-14-24-19(16)20-17(21)12-15-25-20/h11-12,14-15H,3-10,13H2,1-2H3. The number of ether oxygens (including phenoxy) is 1. The molecule has 0 radical (unpaired) electrons. The topological polar surface area (TPSA) is 26.3 Å². The average molecular weight is 377 g/mol. The highest BCUT2D eigenvalue weighted by molar-refractivity contribution is 7.21. The Bertz CT molecular complexity index is 658. The van der Waals surface area contributed by atoms with Crippen molar-refractivity contribution >= 4 is 28.6 Å². The second-order valence-corrected chi connectivity index (χ2v) is 8.92. The minimum absolute atomic E-state index is 0.0465. The minimum atomic E-state index is -0.0465. The number of esters is 1. The summed E-state index contributed by atoms with van der Waals surface area (Å²) in [6.07, 6.45) is 8.98. The molecule has 3 rings (SSSR count). The van der Waals surface area contributed by atoms with E-state index in [0.29, 0.717) is 13.0 Å². The molecule has 0 aliphatic heterocycles. The molecule has 4 heteroatoms. The van der Waals surface area contributed by atoms with Crippen molar-refractivity contribution in [3.63, 3.8) is 0 Å². The molecule has 25 heavy (non-hydrogen) atoms. The Morgan fingerprint density at radius 2 is 1.52 bits per heavy atom. The average Bonchev–Trinajstić information content (AvgIpc) is 3.28. The third kappa shape index (κ3) is 4.01. The lowest BCUT2D eigenvalue weighted by atomic mass is 9.77. The molecule has 0 atom stereocenters. The number of hydrogen-bond acceptors (Lipinski definition) is 4. The summed E-state index contributed by atoms with van der Waals surface area (Å²) in [6, 6.07) is 4.67. The Morgan fingerprint density at radius 3 is 2.12 bits per heavy atom. The lowest BCUT2D eigenvalue weighted by Crippen LogP contribution is -2.19. The van der Waals surface area contributed by atoms with Gasteiger partial charge in [-0.2, -0.15) is 0 Å². The smallest absolute Gasteiger partial charge is 0.305 e. The molecule has 2 nitrogen and oxygen atoms in total. The summed E-state index contributed by atoms with van der Waals surface area (Å²) in [7, 11) is 0. The lowest BCUT2D eigenvalue weighted by Gasteiger charge is -2.25. The van der Waals surface area contributed by atoms with Crippen LogP contribution in [0, 0.1) is 0 Å². The van der Waals surface area contributed by atoms with Crippen molar-refractivity contribution in [2.45, 2.75) is 70.6 Å². The molecule has 0 N–H and O–H groups in total. The molecule has 0 bridgehead atoms. The monoisotopic (exact) mass is 376 g/mol. The van der Waals surface area contributed by atoms with Crippen LogP contribution in [0.4, 0.5) is 0 Å². The Kier molecular flexibility index (Phi) is 6.34. The van der Waals surface area contributed by atoms with Gasteiger partial charge < -0.3 is 4.74 Å². The molecule has 136 valence electrons. The molecule has 0 unspecified atom stereocenters. The van der Waals surface area contributed by atoms with Crippen LogP contribution in [0.5, 0.6) is 0 Å². The number of hydrogen-bond donors (Lipinski definition) is 0. The van der Waals surface area contributed by atoms with E-state index in [1.807, 2.05) is 29.6 Å². The van der Waals surface area contributed by atoms with Gasteiger partial charge in [0.25, 0.3) is 0 Å². The molecular formula is C21H28O2S2. The SMILES string of the molecule is CCOC(=O)CCCCCCCCC1(C)c2ccsc2-c2sccc21. The molecular weight excluding hydrogens is 348 g/mol. The van der Waals surface area contributed by atoms with Crippen LogP contribution >= 0.6 is 22.7 Å². The Labute approximate surface area is 159 Å². The largest absolute Gasteiger partial charge is 0.466 e. The van der Waals surface area contributed by atoms with Crippen LogP contribution in [0.1, 0.15) is 76.3 Å². The van der Waals surface area contributed by atoms with Crippen LogP contribution in [-0.2, 0) is 14.9 Å². The van der Waals surface area contributed by atoms with Crippen LogP contribution in [0.3, 0.4) is 0 Å². The van der Waals surface area contributed by atoms with Crippen molar-refractivity contribution in [1.29, 1.82) is 0 Å².